The maximum absolute atomic E-state index is 13.6. The number of methoxy groups -OCH3 is 1. The van der Waals surface area contributed by atoms with Crippen molar-refractivity contribution < 1.29 is 22.7 Å². The fraction of sp³-hybridized carbons (Fsp3) is 0.280. The molecule has 36 heavy (non-hydrogen) atoms. The number of hydrogen-bond acceptors (Lipinski definition) is 9. The number of amides is 1. The van der Waals surface area contributed by atoms with E-state index in [1.165, 1.54) is 35.5 Å². The summed E-state index contributed by atoms with van der Waals surface area (Å²) in [5.74, 6) is 0.620. The number of sulfone groups is 1. The Balaban J connectivity index is 1.94. The number of carbonyl (C=O) groups excluding carboxylic acids is 1. The van der Waals surface area contributed by atoms with Crippen molar-refractivity contribution in [3.05, 3.63) is 48.0 Å². The van der Waals surface area contributed by atoms with E-state index in [4.69, 9.17) is 15.2 Å². The van der Waals surface area contributed by atoms with Gasteiger partial charge in [0.1, 0.15) is 16.4 Å². The molecule has 2 aromatic carbocycles. The smallest absolute Gasteiger partial charge is 0.412 e. The summed E-state index contributed by atoms with van der Waals surface area (Å²) in [5.41, 5.74) is 8.41. The Hall–Kier alpha value is -3.02. The summed E-state index contributed by atoms with van der Waals surface area (Å²) in [6, 6.07) is 11.8. The average molecular weight is 548 g/mol. The zero-order valence-electron chi connectivity index (χ0n) is 20.9. The van der Waals surface area contributed by atoms with Gasteiger partial charge in [0.25, 0.3) is 0 Å². The number of benzene rings is 2. The molecule has 3 N–H and O–H groups in total. The lowest BCUT2D eigenvalue weighted by Crippen LogP contribution is -2.31. The minimum absolute atomic E-state index is 0.147. The molecule has 1 aromatic heterocycles. The van der Waals surface area contributed by atoms with E-state index < -0.39 is 21.5 Å². The molecule has 0 saturated heterocycles. The SMILES string of the molecule is COc1ccc(-c2cc(S(=O)(=O)c3cc(N=CNC(=O)OC(C)(C)C)sc3SC)ccc2C)c(N)c1. The second-order valence-corrected chi connectivity index (χ2v) is 12.8. The van der Waals surface area contributed by atoms with Gasteiger partial charge in [0.05, 0.1) is 27.4 Å². The molecule has 0 aliphatic carbocycles. The molecule has 3 rings (SSSR count). The summed E-state index contributed by atoms with van der Waals surface area (Å²) < 4.78 is 38.3. The molecule has 8 nitrogen and oxygen atoms in total. The number of aryl methyl sites for hydroxylation is 1. The average Bonchev–Trinajstić information content (AvgIpc) is 3.22. The number of nitrogens with zero attached hydrogens (tertiary/aromatic N) is 1. The molecule has 0 aliphatic heterocycles. The van der Waals surface area contributed by atoms with Gasteiger partial charge < -0.3 is 15.2 Å². The van der Waals surface area contributed by atoms with Crippen LogP contribution in [0.15, 0.2) is 61.5 Å². The Morgan fingerprint density at radius 3 is 2.47 bits per heavy atom. The van der Waals surface area contributed by atoms with E-state index in [0.717, 1.165) is 16.7 Å². The quantitative estimate of drug-likeness (QED) is 0.160. The number of rotatable bonds is 7. The third-order valence-corrected chi connectivity index (χ3v) is 9.18. The first-order valence-electron chi connectivity index (χ1n) is 10.8. The van der Waals surface area contributed by atoms with Gasteiger partial charge in [-0.1, -0.05) is 6.07 Å². The number of thioether (sulfide) groups is 1. The van der Waals surface area contributed by atoms with Crippen molar-refractivity contribution in [1.29, 1.82) is 0 Å². The van der Waals surface area contributed by atoms with Gasteiger partial charge in [-0.25, -0.2) is 18.2 Å². The highest BCUT2D eigenvalue weighted by molar-refractivity contribution is 8.01. The molecule has 0 spiro atoms. The number of ether oxygens (including phenoxy) is 2. The van der Waals surface area contributed by atoms with Crippen LogP contribution in [0.2, 0.25) is 0 Å². The molecule has 0 radical (unpaired) electrons. The van der Waals surface area contributed by atoms with Crippen molar-refractivity contribution in [2.75, 3.05) is 19.1 Å². The minimum atomic E-state index is -3.86. The molecule has 1 heterocycles. The number of nitrogens with two attached hydrogens (primary N) is 1. The monoisotopic (exact) mass is 547 g/mol. The summed E-state index contributed by atoms with van der Waals surface area (Å²) in [5, 5.41) is 2.86. The Bertz CT molecular complexity index is 1410. The topological polar surface area (TPSA) is 120 Å². The number of alkyl carbamates (subject to hydrolysis) is 1. The van der Waals surface area contributed by atoms with Crippen LogP contribution in [-0.2, 0) is 14.6 Å². The van der Waals surface area contributed by atoms with Crippen LogP contribution in [0.25, 0.3) is 11.1 Å². The van der Waals surface area contributed by atoms with E-state index in [2.05, 4.69) is 10.3 Å². The van der Waals surface area contributed by atoms with E-state index in [0.29, 0.717) is 20.6 Å². The number of hydrogen-bond donors (Lipinski definition) is 2. The van der Waals surface area contributed by atoms with Crippen LogP contribution in [0.1, 0.15) is 26.3 Å². The Morgan fingerprint density at radius 1 is 1.14 bits per heavy atom. The van der Waals surface area contributed by atoms with Crippen LogP contribution in [-0.4, -0.2) is 39.8 Å². The zero-order valence-corrected chi connectivity index (χ0v) is 23.4. The molecule has 0 saturated carbocycles. The van der Waals surface area contributed by atoms with Gasteiger partial charge in [0, 0.05) is 17.3 Å². The molecular formula is C25H29N3O5S3. The van der Waals surface area contributed by atoms with E-state index in [9.17, 15) is 13.2 Å². The second kappa shape index (κ2) is 10.9. The molecule has 0 aliphatic rings. The van der Waals surface area contributed by atoms with Crippen molar-refractivity contribution in [2.45, 2.75) is 47.3 Å². The first-order valence-corrected chi connectivity index (χ1v) is 14.4. The number of thiophene rings is 1. The molecule has 192 valence electrons. The van der Waals surface area contributed by atoms with E-state index in [1.54, 1.807) is 64.5 Å². The maximum Gasteiger partial charge on any atom is 0.412 e. The predicted molar refractivity (Wildman–Crippen MR) is 147 cm³/mol. The van der Waals surface area contributed by atoms with Crippen LogP contribution >= 0.6 is 23.1 Å². The van der Waals surface area contributed by atoms with Gasteiger partial charge in [-0.05, 0) is 75.4 Å². The summed E-state index contributed by atoms with van der Waals surface area (Å²) in [6.45, 7) is 7.16. The maximum atomic E-state index is 13.6. The first-order chi connectivity index (χ1) is 16.9. The molecule has 3 aromatic rings. The van der Waals surface area contributed by atoms with Gasteiger partial charge in [0.15, 0.2) is 0 Å². The second-order valence-electron chi connectivity index (χ2n) is 8.78. The van der Waals surface area contributed by atoms with Gasteiger partial charge in [-0.3, -0.25) is 5.32 Å². The van der Waals surface area contributed by atoms with Crippen LogP contribution in [0.3, 0.4) is 0 Å². The highest BCUT2D eigenvalue weighted by Crippen LogP contribution is 2.42. The molecule has 0 fully saturated rings. The Labute approximate surface area is 219 Å². The molecule has 1 amide bonds. The number of aliphatic imine (C=N–C) groups is 1. The number of nitrogen functional groups attached to an aromatic ring is 1. The van der Waals surface area contributed by atoms with Gasteiger partial charge in [-0.2, -0.15) is 0 Å². The van der Waals surface area contributed by atoms with Crippen molar-refractivity contribution in [3.8, 4) is 16.9 Å². The van der Waals surface area contributed by atoms with Crippen LogP contribution in [0.5, 0.6) is 5.75 Å². The van der Waals surface area contributed by atoms with Crippen LogP contribution in [0, 0.1) is 6.92 Å². The summed E-state index contributed by atoms with van der Waals surface area (Å²) in [7, 11) is -2.30. The molecule has 0 bridgehead atoms. The molecule has 0 unspecified atom stereocenters. The Morgan fingerprint density at radius 2 is 1.86 bits per heavy atom. The number of anilines is 1. The molecule has 0 atom stereocenters. The van der Waals surface area contributed by atoms with E-state index in [1.807, 2.05) is 13.0 Å². The lowest BCUT2D eigenvalue weighted by molar-refractivity contribution is 0.0565. The van der Waals surface area contributed by atoms with Gasteiger partial charge in [-0.15, -0.1) is 23.1 Å². The summed E-state index contributed by atoms with van der Waals surface area (Å²) >= 11 is 2.53. The minimum Gasteiger partial charge on any atom is -0.497 e. The summed E-state index contributed by atoms with van der Waals surface area (Å²) in [6.07, 6.45) is 2.35. The van der Waals surface area contributed by atoms with Crippen LogP contribution < -0.4 is 15.8 Å². The van der Waals surface area contributed by atoms with Crippen molar-refractivity contribution >= 4 is 56.1 Å². The van der Waals surface area contributed by atoms with E-state index >= 15 is 0 Å². The summed E-state index contributed by atoms with van der Waals surface area (Å²) in [4.78, 5) is 16.3. The largest absolute Gasteiger partial charge is 0.497 e. The highest BCUT2D eigenvalue weighted by atomic mass is 32.2. The molecule has 11 heteroatoms. The van der Waals surface area contributed by atoms with Crippen molar-refractivity contribution in [3.63, 3.8) is 0 Å². The normalized spacial score (nSPS) is 12.1. The Kier molecular flexibility index (Phi) is 8.37. The third kappa shape index (κ3) is 6.40. The third-order valence-electron chi connectivity index (χ3n) is 4.97. The van der Waals surface area contributed by atoms with Crippen molar-refractivity contribution in [2.24, 2.45) is 4.99 Å². The fourth-order valence-electron chi connectivity index (χ4n) is 3.29. The number of carbonyl (C=O) groups is 1. The zero-order chi connectivity index (χ0) is 26.7. The number of nitrogens with one attached hydrogen (secondary N) is 1. The highest BCUT2D eigenvalue weighted by Gasteiger charge is 2.25. The van der Waals surface area contributed by atoms with Crippen molar-refractivity contribution in [1.82, 2.24) is 5.32 Å². The predicted octanol–water partition coefficient (Wildman–Crippen LogP) is 6.05. The standard InChI is InChI=1S/C25H29N3O5S3/c1-15-7-9-17(12-19(15)18-10-8-16(32-5)11-20(18)26)36(30,31)21-13-22(35-23(21)34-6)27-14-28-24(29)33-25(2,3)4/h7-14H,26H2,1-6H3,(H,27,28,29). The van der Waals surface area contributed by atoms with E-state index in [-0.39, 0.29) is 9.79 Å². The first kappa shape index (κ1) is 27.6. The fourth-order valence-corrected chi connectivity index (χ4v) is 7.14. The lowest BCUT2D eigenvalue weighted by Gasteiger charge is -2.18. The van der Waals surface area contributed by atoms with Gasteiger partial charge in [0.2, 0.25) is 9.84 Å². The molecular weight excluding hydrogens is 518 g/mol. The van der Waals surface area contributed by atoms with Gasteiger partial charge >= 0.3 is 6.09 Å². The van der Waals surface area contributed by atoms with Crippen LogP contribution in [0.4, 0.5) is 15.5 Å². The lowest BCUT2D eigenvalue weighted by atomic mass is 9.99.